The third-order valence-corrected chi connectivity index (χ3v) is 7.98. The first-order valence-electron chi connectivity index (χ1n) is 12.0. The van der Waals surface area contributed by atoms with Gasteiger partial charge in [-0.05, 0) is 47.5 Å². The first-order valence-corrected chi connectivity index (χ1v) is 12.9. The van der Waals surface area contributed by atoms with Crippen LogP contribution in [-0.2, 0) is 22.3 Å². The van der Waals surface area contributed by atoms with E-state index in [4.69, 9.17) is 18.9 Å². The molecule has 1 aliphatic heterocycles. The smallest absolute Gasteiger partial charge is 0.177 e. The molecule has 5 rings (SSSR count). The van der Waals surface area contributed by atoms with Gasteiger partial charge in [-0.3, -0.25) is 0 Å². The summed E-state index contributed by atoms with van der Waals surface area (Å²) < 4.78 is 25.5. The van der Waals surface area contributed by atoms with Crippen molar-refractivity contribution in [1.29, 1.82) is 0 Å². The molecule has 1 heterocycles. The Bertz CT molecular complexity index is 1140. The largest absolute Gasteiger partial charge is 0.493 e. The molecule has 1 spiro atoms. The average molecular weight is 535 g/mol. The Morgan fingerprint density at radius 3 is 2.03 bits per heavy atom. The summed E-state index contributed by atoms with van der Waals surface area (Å²) in [6.07, 6.45) is 1.87. The third kappa shape index (κ3) is 4.53. The molecular weight excluding hydrogens is 504 g/mol. The Balaban J connectivity index is 1.61. The van der Waals surface area contributed by atoms with Crippen molar-refractivity contribution < 1.29 is 18.9 Å². The molecule has 182 valence electrons. The second kappa shape index (κ2) is 10.2. The quantitative estimate of drug-likeness (QED) is 0.331. The van der Waals surface area contributed by atoms with Crippen molar-refractivity contribution in [3.05, 3.63) is 106 Å². The second-order valence-corrected chi connectivity index (χ2v) is 9.84. The minimum absolute atomic E-state index is 0.102. The number of rotatable bonds is 6. The fourth-order valence-corrected chi connectivity index (χ4v) is 5.71. The highest BCUT2D eigenvalue weighted by Crippen LogP contribution is 2.55. The van der Waals surface area contributed by atoms with Crippen LogP contribution in [0.2, 0.25) is 0 Å². The lowest BCUT2D eigenvalue weighted by molar-refractivity contribution is -0.216. The van der Waals surface area contributed by atoms with E-state index >= 15 is 0 Å². The average Bonchev–Trinajstić information content (AvgIpc) is 3.29. The molecule has 1 fully saturated rings. The molecular formula is C30H31BrO4. The van der Waals surface area contributed by atoms with Crippen LogP contribution in [0, 0.1) is 5.92 Å². The number of allylic oxidation sites excluding steroid dienone is 1. The predicted octanol–water partition coefficient (Wildman–Crippen LogP) is 7.33. The molecule has 0 unspecified atom stereocenters. The highest BCUT2D eigenvalue weighted by atomic mass is 79.9. The third-order valence-electron chi connectivity index (χ3n) is 7.19. The van der Waals surface area contributed by atoms with E-state index in [9.17, 15) is 0 Å². The van der Waals surface area contributed by atoms with Crippen LogP contribution in [0.5, 0.6) is 11.5 Å². The van der Waals surface area contributed by atoms with Gasteiger partial charge in [-0.2, -0.15) is 0 Å². The van der Waals surface area contributed by atoms with Crippen molar-refractivity contribution in [2.75, 3.05) is 14.2 Å². The van der Waals surface area contributed by atoms with Gasteiger partial charge >= 0.3 is 0 Å². The van der Waals surface area contributed by atoms with Crippen LogP contribution < -0.4 is 9.47 Å². The summed E-state index contributed by atoms with van der Waals surface area (Å²) in [6.45, 7) is 2.14. The van der Waals surface area contributed by atoms with Gasteiger partial charge in [0.1, 0.15) is 12.2 Å². The highest BCUT2D eigenvalue weighted by molar-refractivity contribution is 9.11. The van der Waals surface area contributed by atoms with E-state index in [1.165, 1.54) is 16.7 Å². The maximum absolute atomic E-state index is 7.05. The number of ether oxygens (including phenoxy) is 4. The Morgan fingerprint density at radius 1 is 0.914 bits per heavy atom. The van der Waals surface area contributed by atoms with Crippen molar-refractivity contribution >= 4 is 15.9 Å². The van der Waals surface area contributed by atoms with Crippen LogP contribution in [0.3, 0.4) is 0 Å². The minimum Gasteiger partial charge on any atom is -0.493 e. The summed E-state index contributed by atoms with van der Waals surface area (Å²) in [4.78, 5) is 2.00. The monoisotopic (exact) mass is 534 g/mol. The Morgan fingerprint density at radius 2 is 1.51 bits per heavy atom. The highest BCUT2D eigenvalue weighted by Gasteiger charge is 2.55. The fourth-order valence-electron chi connectivity index (χ4n) is 5.52. The summed E-state index contributed by atoms with van der Waals surface area (Å²) in [5.74, 6) is 0.906. The van der Waals surface area contributed by atoms with E-state index in [-0.39, 0.29) is 18.1 Å². The Kier molecular flexibility index (Phi) is 7.01. The molecule has 0 aromatic heterocycles. The van der Waals surface area contributed by atoms with Gasteiger partial charge in [0, 0.05) is 17.9 Å². The van der Waals surface area contributed by atoms with Crippen molar-refractivity contribution in [3.63, 3.8) is 0 Å². The molecule has 0 N–H and O–H groups in total. The number of methoxy groups -OCH3 is 2. The molecule has 2 aliphatic rings. The first kappa shape index (κ1) is 24.1. The van der Waals surface area contributed by atoms with Crippen LogP contribution in [0.25, 0.3) is 0 Å². The van der Waals surface area contributed by atoms with Crippen molar-refractivity contribution in [1.82, 2.24) is 0 Å². The van der Waals surface area contributed by atoms with Crippen molar-refractivity contribution in [2.45, 2.75) is 44.2 Å². The van der Waals surface area contributed by atoms with Gasteiger partial charge in [0.25, 0.3) is 0 Å². The molecule has 3 aromatic rings. The number of benzene rings is 3. The maximum atomic E-state index is 7.05. The SMILES string of the molecule is COc1ccc2c(c1OC)C[C@@H](C/C(C)=C/Br)C1(C2)O[C@@H](c2ccccc2)[C@H](c2ccccc2)O1. The van der Waals surface area contributed by atoms with Crippen molar-refractivity contribution in [2.24, 2.45) is 5.92 Å². The molecule has 3 aromatic carbocycles. The molecule has 0 bridgehead atoms. The molecule has 1 aliphatic carbocycles. The lowest BCUT2D eigenvalue weighted by atomic mass is 9.76. The Labute approximate surface area is 216 Å². The second-order valence-electron chi connectivity index (χ2n) is 9.39. The standard InChI is InChI=1S/C30H31BrO4/c1-20(19-31)16-24-17-25-23(14-15-26(32-2)29(25)33-3)18-30(24)34-27(21-10-6-4-7-11-21)28(35-30)22-12-8-5-9-13-22/h4-15,19,24,27-28H,16-18H2,1-3H3/b20-19+/t24-,27+,28+/m1/s1. The van der Waals surface area contributed by atoms with Crippen LogP contribution in [0.1, 0.15) is 47.8 Å². The lowest BCUT2D eigenvalue weighted by Gasteiger charge is -2.41. The van der Waals surface area contributed by atoms with Gasteiger partial charge in [0.15, 0.2) is 17.3 Å². The summed E-state index contributed by atoms with van der Waals surface area (Å²) >= 11 is 3.53. The topological polar surface area (TPSA) is 36.9 Å². The lowest BCUT2D eigenvalue weighted by Crippen LogP contribution is -2.46. The van der Waals surface area contributed by atoms with E-state index < -0.39 is 5.79 Å². The van der Waals surface area contributed by atoms with Gasteiger partial charge in [0.05, 0.1) is 14.2 Å². The normalized spacial score (nSPS) is 23.2. The van der Waals surface area contributed by atoms with E-state index in [0.717, 1.165) is 35.5 Å². The summed E-state index contributed by atoms with van der Waals surface area (Å²) in [7, 11) is 3.39. The predicted molar refractivity (Wildman–Crippen MR) is 141 cm³/mol. The van der Waals surface area contributed by atoms with Gasteiger partial charge < -0.3 is 18.9 Å². The van der Waals surface area contributed by atoms with Gasteiger partial charge in [0.2, 0.25) is 0 Å². The molecule has 0 amide bonds. The molecule has 1 saturated heterocycles. The molecule has 0 radical (unpaired) electrons. The van der Waals surface area contributed by atoms with E-state index in [0.29, 0.717) is 6.42 Å². The number of hydrogen-bond acceptors (Lipinski definition) is 4. The minimum atomic E-state index is -0.759. The number of halogens is 1. The zero-order chi connectivity index (χ0) is 24.4. The van der Waals surface area contributed by atoms with Gasteiger partial charge in [-0.1, -0.05) is 88.2 Å². The summed E-state index contributed by atoms with van der Waals surface area (Å²) in [6, 6.07) is 25.0. The zero-order valence-corrected chi connectivity index (χ0v) is 22.0. The van der Waals surface area contributed by atoms with E-state index in [1.807, 2.05) is 23.2 Å². The fraction of sp³-hybridized carbons (Fsp3) is 0.333. The summed E-state index contributed by atoms with van der Waals surface area (Å²) in [5.41, 5.74) is 5.85. The maximum Gasteiger partial charge on any atom is 0.177 e. The summed E-state index contributed by atoms with van der Waals surface area (Å²) in [5, 5.41) is 0. The molecule has 35 heavy (non-hydrogen) atoms. The van der Waals surface area contributed by atoms with Gasteiger partial charge in [-0.25, -0.2) is 0 Å². The van der Waals surface area contributed by atoms with Crippen LogP contribution in [-0.4, -0.2) is 20.0 Å². The zero-order valence-electron chi connectivity index (χ0n) is 20.4. The van der Waals surface area contributed by atoms with E-state index in [2.05, 4.69) is 77.5 Å². The molecule has 4 nitrogen and oxygen atoms in total. The number of hydrogen-bond donors (Lipinski definition) is 0. The first-order chi connectivity index (χ1) is 17.1. The molecule has 5 heteroatoms. The van der Waals surface area contributed by atoms with Crippen molar-refractivity contribution in [3.8, 4) is 11.5 Å². The number of fused-ring (bicyclic) bond motifs is 1. The molecule has 3 atom stereocenters. The van der Waals surface area contributed by atoms with Crippen LogP contribution in [0.4, 0.5) is 0 Å². The molecule has 0 saturated carbocycles. The van der Waals surface area contributed by atoms with Gasteiger partial charge in [-0.15, -0.1) is 0 Å². The van der Waals surface area contributed by atoms with E-state index in [1.54, 1.807) is 14.2 Å². The Hall–Kier alpha value is -2.60. The van der Waals surface area contributed by atoms with Crippen LogP contribution >= 0.6 is 15.9 Å². The van der Waals surface area contributed by atoms with Crippen LogP contribution in [0.15, 0.2) is 83.4 Å².